The number of Topliss-reactive ketones (excluding diaryl/α,β-unsaturated/α-hetero) is 1. The van der Waals surface area contributed by atoms with Crippen molar-refractivity contribution in [1.82, 2.24) is 4.90 Å². The number of carbonyl (C=O) groups excluding carboxylic acids is 2. The largest absolute Gasteiger partial charge is 0.449 e. The van der Waals surface area contributed by atoms with Gasteiger partial charge in [0.05, 0.1) is 18.0 Å². The highest BCUT2D eigenvalue weighted by Crippen LogP contribution is 2.48. The third kappa shape index (κ3) is 5.24. The highest BCUT2D eigenvalue weighted by Gasteiger charge is 2.30. The van der Waals surface area contributed by atoms with E-state index in [0.29, 0.717) is 24.3 Å². The van der Waals surface area contributed by atoms with Gasteiger partial charge in [-0.15, -0.1) is 0 Å². The van der Waals surface area contributed by atoms with Gasteiger partial charge in [0, 0.05) is 34.2 Å². The van der Waals surface area contributed by atoms with E-state index < -0.39 is 6.09 Å². The summed E-state index contributed by atoms with van der Waals surface area (Å²) in [5.41, 5.74) is 2.14. The van der Waals surface area contributed by atoms with E-state index in [1.807, 2.05) is 56.6 Å². The van der Waals surface area contributed by atoms with Crippen molar-refractivity contribution in [2.45, 2.75) is 42.9 Å². The molecule has 1 aliphatic heterocycles. The van der Waals surface area contributed by atoms with E-state index in [1.165, 1.54) is 0 Å². The number of ketones is 1. The molecule has 2 aromatic rings. The lowest BCUT2D eigenvalue weighted by atomic mass is 10.0. The lowest BCUT2D eigenvalue weighted by Gasteiger charge is -2.31. The standard InChI is InChI=1S/C24H30N2O3S/c1-5-6-10-21(27)18-12-13-23-20(14-18)26(19-9-7-8-11-22(19)30-23)24(28)29-16-17(2)15-25(3)4/h7-9,11-14,17H,5-6,10,15-16H2,1-4H3. The van der Waals surface area contributed by atoms with Gasteiger partial charge in [-0.3, -0.25) is 4.79 Å². The first kappa shape index (κ1) is 22.4. The number of nitrogens with zero attached hydrogens (tertiary/aromatic N) is 2. The van der Waals surface area contributed by atoms with Crippen LogP contribution in [0, 0.1) is 5.92 Å². The SMILES string of the molecule is CCCCC(=O)c1ccc2c(c1)N(C(=O)OCC(C)CN(C)C)c1ccccc1S2. The van der Waals surface area contributed by atoms with Gasteiger partial charge in [-0.1, -0.05) is 50.2 Å². The van der Waals surface area contributed by atoms with Crippen LogP contribution in [0.5, 0.6) is 0 Å². The third-order valence-corrected chi connectivity index (χ3v) is 6.09. The third-order valence-electron chi connectivity index (χ3n) is 4.96. The summed E-state index contributed by atoms with van der Waals surface area (Å²) in [6.45, 7) is 5.31. The van der Waals surface area contributed by atoms with E-state index in [-0.39, 0.29) is 11.7 Å². The van der Waals surface area contributed by atoms with E-state index >= 15 is 0 Å². The van der Waals surface area contributed by atoms with Crippen molar-refractivity contribution in [2.75, 3.05) is 32.1 Å². The molecule has 0 saturated carbocycles. The van der Waals surface area contributed by atoms with Crippen LogP contribution < -0.4 is 4.90 Å². The van der Waals surface area contributed by atoms with Gasteiger partial charge in [0.2, 0.25) is 0 Å². The Balaban J connectivity index is 1.89. The Hall–Kier alpha value is -2.31. The van der Waals surface area contributed by atoms with Crippen molar-refractivity contribution < 1.29 is 14.3 Å². The van der Waals surface area contributed by atoms with E-state index in [0.717, 1.165) is 34.9 Å². The van der Waals surface area contributed by atoms with Crippen LogP contribution in [0.3, 0.4) is 0 Å². The summed E-state index contributed by atoms with van der Waals surface area (Å²) in [4.78, 5) is 31.4. The molecule has 0 aromatic heterocycles. The van der Waals surface area contributed by atoms with Crippen LogP contribution in [0.25, 0.3) is 0 Å². The van der Waals surface area contributed by atoms with Crippen LogP contribution >= 0.6 is 11.8 Å². The maximum Gasteiger partial charge on any atom is 0.419 e. The zero-order valence-electron chi connectivity index (χ0n) is 18.2. The second-order valence-electron chi connectivity index (χ2n) is 8.06. The number of ether oxygens (including phenoxy) is 1. The normalized spacial score (nSPS) is 13.6. The van der Waals surface area contributed by atoms with Crippen LogP contribution in [0.1, 0.15) is 43.5 Å². The number of hydrogen-bond donors (Lipinski definition) is 0. The smallest absolute Gasteiger partial charge is 0.419 e. The van der Waals surface area contributed by atoms with Gasteiger partial charge in [-0.2, -0.15) is 0 Å². The minimum Gasteiger partial charge on any atom is -0.449 e. The Bertz CT molecular complexity index is 913. The molecule has 0 N–H and O–H groups in total. The number of para-hydroxylation sites is 1. The number of amides is 1. The lowest BCUT2D eigenvalue weighted by molar-refractivity contribution is 0.0979. The van der Waals surface area contributed by atoms with E-state index in [2.05, 4.69) is 18.7 Å². The van der Waals surface area contributed by atoms with Crippen molar-refractivity contribution in [3.05, 3.63) is 48.0 Å². The molecule has 30 heavy (non-hydrogen) atoms. The molecule has 3 rings (SSSR count). The lowest BCUT2D eigenvalue weighted by Crippen LogP contribution is -2.32. The minimum absolute atomic E-state index is 0.108. The summed E-state index contributed by atoms with van der Waals surface area (Å²) < 4.78 is 5.69. The number of benzene rings is 2. The van der Waals surface area contributed by atoms with Gasteiger partial charge in [-0.05, 0) is 44.8 Å². The predicted octanol–water partition coefficient (Wildman–Crippen LogP) is 6.00. The van der Waals surface area contributed by atoms with Crippen molar-refractivity contribution in [3.8, 4) is 0 Å². The van der Waals surface area contributed by atoms with Gasteiger partial charge < -0.3 is 9.64 Å². The molecule has 0 saturated heterocycles. The molecular weight excluding hydrogens is 396 g/mol. The zero-order valence-corrected chi connectivity index (χ0v) is 19.0. The van der Waals surface area contributed by atoms with Crippen molar-refractivity contribution in [1.29, 1.82) is 0 Å². The van der Waals surface area contributed by atoms with Gasteiger partial charge in [0.15, 0.2) is 5.78 Å². The molecule has 0 bridgehead atoms. The van der Waals surface area contributed by atoms with E-state index in [9.17, 15) is 9.59 Å². The molecule has 1 aliphatic rings. The van der Waals surface area contributed by atoms with E-state index in [4.69, 9.17) is 4.74 Å². The summed E-state index contributed by atoms with van der Waals surface area (Å²) >= 11 is 1.61. The molecule has 160 valence electrons. The fourth-order valence-electron chi connectivity index (χ4n) is 3.56. The number of anilines is 2. The second kappa shape index (κ2) is 10.1. The molecule has 1 amide bonds. The van der Waals surface area contributed by atoms with Crippen molar-refractivity contribution in [3.63, 3.8) is 0 Å². The number of hydrogen-bond acceptors (Lipinski definition) is 5. The van der Waals surface area contributed by atoms with Gasteiger partial charge in [-0.25, -0.2) is 9.69 Å². The van der Waals surface area contributed by atoms with Crippen molar-refractivity contribution >= 4 is 35.0 Å². The Morgan fingerprint density at radius 1 is 1.10 bits per heavy atom. The average molecular weight is 427 g/mol. The molecule has 6 heteroatoms. The maximum atomic E-state index is 13.2. The Labute approximate surface area is 183 Å². The average Bonchev–Trinajstić information content (AvgIpc) is 2.73. The molecule has 1 heterocycles. The first-order valence-corrected chi connectivity index (χ1v) is 11.3. The van der Waals surface area contributed by atoms with Crippen LogP contribution in [0.15, 0.2) is 52.3 Å². The number of unbranched alkanes of at least 4 members (excludes halogenated alkanes) is 1. The fraction of sp³-hybridized carbons (Fsp3) is 0.417. The van der Waals surface area contributed by atoms with Crippen molar-refractivity contribution in [2.24, 2.45) is 5.92 Å². The first-order valence-electron chi connectivity index (χ1n) is 10.5. The van der Waals surface area contributed by atoms with Crippen LogP contribution in [0.2, 0.25) is 0 Å². The maximum absolute atomic E-state index is 13.2. The molecule has 2 aromatic carbocycles. The molecule has 0 spiro atoms. The molecule has 0 radical (unpaired) electrons. The number of carbonyl (C=O) groups is 2. The second-order valence-corrected chi connectivity index (χ2v) is 9.14. The molecule has 1 unspecified atom stereocenters. The van der Waals surface area contributed by atoms with Crippen LogP contribution in [0.4, 0.5) is 16.2 Å². The molecule has 0 fully saturated rings. The molecule has 5 nitrogen and oxygen atoms in total. The number of fused-ring (bicyclic) bond motifs is 2. The summed E-state index contributed by atoms with van der Waals surface area (Å²) in [5.74, 6) is 0.330. The van der Waals surface area contributed by atoms with Crippen LogP contribution in [-0.4, -0.2) is 44.0 Å². The van der Waals surface area contributed by atoms with Gasteiger partial charge in [0.25, 0.3) is 0 Å². The fourth-order valence-corrected chi connectivity index (χ4v) is 4.60. The Kier molecular flexibility index (Phi) is 7.56. The summed E-state index contributed by atoms with van der Waals surface area (Å²) in [7, 11) is 4.01. The highest BCUT2D eigenvalue weighted by atomic mass is 32.2. The monoisotopic (exact) mass is 426 g/mol. The Morgan fingerprint density at radius 3 is 2.57 bits per heavy atom. The minimum atomic E-state index is -0.409. The molecular formula is C24H30N2O3S. The zero-order chi connectivity index (χ0) is 21.7. The van der Waals surface area contributed by atoms with Crippen LogP contribution in [-0.2, 0) is 4.74 Å². The first-order chi connectivity index (χ1) is 14.4. The summed E-state index contributed by atoms with van der Waals surface area (Å²) in [5, 5.41) is 0. The topological polar surface area (TPSA) is 49.9 Å². The highest BCUT2D eigenvalue weighted by molar-refractivity contribution is 7.99. The van der Waals surface area contributed by atoms with Gasteiger partial charge >= 0.3 is 6.09 Å². The summed E-state index contributed by atoms with van der Waals surface area (Å²) in [6.07, 6.45) is 1.95. The predicted molar refractivity (Wildman–Crippen MR) is 122 cm³/mol. The summed E-state index contributed by atoms with van der Waals surface area (Å²) in [6, 6.07) is 13.4. The van der Waals surface area contributed by atoms with E-state index in [1.54, 1.807) is 16.7 Å². The number of rotatable bonds is 8. The Morgan fingerprint density at radius 2 is 1.83 bits per heavy atom. The molecule has 0 aliphatic carbocycles. The van der Waals surface area contributed by atoms with Gasteiger partial charge in [0.1, 0.15) is 0 Å². The molecule has 1 atom stereocenters. The quantitative estimate of drug-likeness (QED) is 0.485.